The van der Waals surface area contributed by atoms with E-state index in [4.69, 9.17) is 15.2 Å². The van der Waals surface area contributed by atoms with Gasteiger partial charge in [0.05, 0.1) is 19.8 Å². The zero-order valence-electron chi connectivity index (χ0n) is 15.7. The Hall–Kier alpha value is -1.14. The summed E-state index contributed by atoms with van der Waals surface area (Å²) in [5.74, 6) is 0.112. The molecule has 0 bridgehead atoms. The van der Waals surface area contributed by atoms with Crippen LogP contribution in [0.15, 0.2) is 24.3 Å². The Kier molecular flexibility index (Phi) is 11.5. The Labute approximate surface area is 163 Å². The summed E-state index contributed by atoms with van der Waals surface area (Å²) in [6.45, 7) is 4.67. The molecule has 5 nitrogen and oxygen atoms in total. The Morgan fingerprint density at radius 2 is 2.04 bits per heavy atom. The van der Waals surface area contributed by atoms with Gasteiger partial charge < -0.3 is 20.5 Å². The average molecular weight is 385 g/mol. The van der Waals surface area contributed by atoms with Crippen molar-refractivity contribution in [2.45, 2.75) is 58.1 Å². The average Bonchev–Trinajstić information content (AvgIpc) is 2.61. The van der Waals surface area contributed by atoms with E-state index in [1.54, 1.807) is 0 Å². The summed E-state index contributed by atoms with van der Waals surface area (Å²) < 4.78 is 11.1. The van der Waals surface area contributed by atoms with E-state index < -0.39 is 0 Å². The van der Waals surface area contributed by atoms with E-state index >= 15 is 0 Å². The minimum absolute atomic E-state index is 0. The first-order valence-electron chi connectivity index (χ1n) is 9.50. The summed E-state index contributed by atoms with van der Waals surface area (Å²) in [5.41, 5.74) is 7.85. The normalized spacial score (nSPS) is 19.6. The summed E-state index contributed by atoms with van der Waals surface area (Å²) in [4.78, 5) is 12.4. The van der Waals surface area contributed by atoms with Gasteiger partial charge in [0.15, 0.2) is 0 Å². The monoisotopic (exact) mass is 384 g/mol. The number of hydrogen-bond acceptors (Lipinski definition) is 4. The van der Waals surface area contributed by atoms with Gasteiger partial charge in [0.25, 0.3) is 0 Å². The van der Waals surface area contributed by atoms with E-state index in [1.807, 2.05) is 24.3 Å². The molecule has 3 N–H and O–H groups in total. The maximum atomic E-state index is 12.4. The zero-order chi connectivity index (χ0) is 17.9. The molecule has 1 aliphatic carbocycles. The lowest BCUT2D eigenvalue weighted by atomic mass is 9.85. The van der Waals surface area contributed by atoms with E-state index in [9.17, 15) is 4.79 Å². The van der Waals surface area contributed by atoms with Crippen LogP contribution < -0.4 is 11.1 Å². The van der Waals surface area contributed by atoms with Crippen molar-refractivity contribution in [1.29, 1.82) is 0 Å². The second-order valence-electron chi connectivity index (χ2n) is 6.83. The molecule has 2 atom stereocenters. The van der Waals surface area contributed by atoms with Gasteiger partial charge >= 0.3 is 0 Å². The lowest BCUT2D eigenvalue weighted by Gasteiger charge is -2.25. The minimum Gasteiger partial charge on any atom is -0.379 e. The van der Waals surface area contributed by atoms with Crippen molar-refractivity contribution in [3.05, 3.63) is 29.8 Å². The summed E-state index contributed by atoms with van der Waals surface area (Å²) in [7, 11) is 0. The van der Waals surface area contributed by atoms with Crippen LogP contribution in [-0.2, 0) is 20.9 Å². The Morgan fingerprint density at radius 3 is 2.81 bits per heavy atom. The van der Waals surface area contributed by atoms with Gasteiger partial charge in [0.2, 0.25) is 5.91 Å². The van der Waals surface area contributed by atoms with E-state index in [1.165, 1.54) is 0 Å². The SMILES string of the molecule is CCCCOCCOCc1cccc(NC(=O)C2CCCC(N)C2)c1.Cl. The number of benzene rings is 1. The molecule has 2 unspecified atom stereocenters. The van der Waals surface area contributed by atoms with Gasteiger partial charge in [-0.05, 0) is 43.4 Å². The molecule has 1 aromatic carbocycles. The number of carbonyl (C=O) groups excluding carboxylic acids is 1. The predicted octanol–water partition coefficient (Wildman–Crippen LogP) is 3.90. The first-order valence-corrected chi connectivity index (χ1v) is 9.50. The maximum Gasteiger partial charge on any atom is 0.227 e. The van der Waals surface area contributed by atoms with Crippen LogP contribution in [0.25, 0.3) is 0 Å². The van der Waals surface area contributed by atoms with Crippen molar-refractivity contribution in [2.24, 2.45) is 11.7 Å². The summed E-state index contributed by atoms with van der Waals surface area (Å²) in [6.07, 6.45) is 6.01. The molecule has 0 heterocycles. The van der Waals surface area contributed by atoms with E-state index in [-0.39, 0.29) is 30.3 Å². The lowest BCUT2D eigenvalue weighted by molar-refractivity contribution is -0.120. The lowest BCUT2D eigenvalue weighted by Crippen LogP contribution is -2.34. The van der Waals surface area contributed by atoms with Crippen LogP contribution in [-0.4, -0.2) is 31.8 Å². The van der Waals surface area contributed by atoms with E-state index in [0.717, 1.165) is 56.4 Å². The summed E-state index contributed by atoms with van der Waals surface area (Å²) >= 11 is 0. The molecule has 148 valence electrons. The van der Waals surface area contributed by atoms with Gasteiger partial charge in [-0.15, -0.1) is 12.4 Å². The molecule has 6 heteroatoms. The fraction of sp³-hybridized carbons (Fsp3) is 0.650. The third kappa shape index (κ3) is 8.49. The van der Waals surface area contributed by atoms with Crippen molar-refractivity contribution < 1.29 is 14.3 Å². The molecule has 1 aromatic rings. The van der Waals surface area contributed by atoms with Crippen molar-refractivity contribution in [3.8, 4) is 0 Å². The molecule has 0 spiro atoms. The number of unbranched alkanes of at least 4 members (excludes halogenated alkanes) is 1. The number of ether oxygens (including phenoxy) is 2. The number of rotatable bonds is 10. The smallest absolute Gasteiger partial charge is 0.227 e. The highest BCUT2D eigenvalue weighted by Crippen LogP contribution is 2.24. The van der Waals surface area contributed by atoms with Crippen LogP contribution in [0.5, 0.6) is 0 Å². The molecule has 2 rings (SSSR count). The molecule has 0 radical (unpaired) electrons. The van der Waals surface area contributed by atoms with E-state index in [2.05, 4.69) is 12.2 Å². The van der Waals surface area contributed by atoms with Crippen molar-refractivity contribution in [2.75, 3.05) is 25.1 Å². The Bertz CT molecular complexity index is 528. The second-order valence-corrected chi connectivity index (χ2v) is 6.83. The van der Waals surface area contributed by atoms with Crippen molar-refractivity contribution in [1.82, 2.24) is 0 Å². The summed E-state index contributed by atoms with van der Waals surface area (Å²) in [6, 6.07) is 7.99. The first kappa shape index (κ1) is 22.9. The molecule has 26 heavy (non-hydrogen) atoms. The van der Waals surface area contributed by atoms with Gasteiger partial charge in [0.1, 0.15) is 0 Å². The fourth-order valence-corrected chi connectivity index (χ4v) is 3.11. The second kappa shape index (κ2) is 13.1. The molecular formula is C20H33ClN2O3. The van der Waals surface area contributed by atoms with Crippen LogP contribution in [0.4, 0.5) is 5.69 Å². The number of nitrogens with two attached hydrogens (primary N) is 1. The van der Waals surface area contributed by atoms with Gasteiger partial charge in [0, 0.05) is 24.3 Å². The third-order valence-corrected chi connectivity index (χ3v) is 4.56. The first-order chi connectivity index (χ1) is 12.2. The molecular weight excluding hydrogens is 352 g/mol. The van der Waals surface area contributed by atoms with Gasteiger partial charge in [-0.3, -0.25) is 4.79 Å². The molecule has 0 aliphatic heterocycles. The van der Waals surface area contributed by atoms with E-state index in [0.29, 0.717) is 19.8 Å². The van der Waals surface area contributed by atoms with Gasteiger partial charge in [-0.1, -0.05) is 31.9 Å². The van der Waals surface area contributed by atoms with Crippen LogP contribution >= 0.6 is 12.4 Å². The topological polar surface area (TPSA) is 73.6 Å². The Balaban J connectivity index is 0.00000338. The molecule has 1 aliphatic rings. The van der Waals surface area contributed by atoms with Crippen LogP contribution in [0.1, 0.15) is 51.0 Å². The predicted molar refractivity (Wildman–Crippen MR) is 108 cm³/mol. The van der Waals surface area contributed by atoms with Crippen LogP contribution in [0.3, 0.4) is 0 Å². The van der Waals surface area contributed by atoms with Gasteiger partial charge in [-0.2, -0.15) is 0 Å². The maximum absolute atomic E-state index is 12.4. The molecule has 1 saturated carbocycles. The van der Waals surface area contributed by atoms with Crippen LogP contribution in [0, 0.1) is 5.92 Å². The fourth-order valence-electron chi connectivity index (χ4n) is 3.11. The highest BCUT2D eigenvalue weighted by Gasteiger charge is 2.25. The van der Waals surface area contributed by atoms with Crippen LogP contribution in [0.2, 0.25) is 0 Å². The number of hydrogen-bond donors (Lipinski definition) is 2. The molecule has 1 amide bonds. The standard InChI is InChI=1S/C20H32N2O3.ClH/c1-2-3-10-24-11-12-25-15-16-6-4-9-19(13-16)22-20(23)17-7-5-8-18(21)14-17;/h4,6,9,13,17-18H,2-3,5,7-8,10-12,14-15,21H2,1H3,(H,22,23);1H. The van der Waals surface area contributed by atoms with Crippen molar-refractivity contribution >= 4 is 24.0 Å². The largest absolute Gasteiger partial charge is 0.379 e. The quantitative estimate of drug-likeness (QED) is 0.600. The Morgan fingerprint density at radius 1 is 1.23 bits per heavy atom. The molecule has 0 saturated heterocycles. The number of carbonyl (C=O) groups is 1. The molecule has 1 fully saturated rings. The minimum atomic E-state index is 0. The number of nitrogens with one attached hydrogen (secondary N) is 1. The molecule has 0 aromatic heterocycles. The zero-order valence-corrected chi connectivity index (χ0v) is 16.6. The highest BCUT2D eigenvalue weighted by molar-refractivity contribution is 5.92. The third-order valence-electron chi connectivity index (χ3n) is 4.56. The number of halogens is 1. The van der Waals surface area contributed by atoms with Crippen molar-refractivity contribution in [3.63, 3.8) is 0 Å². The van der Waals surface area contributed by atoms with Gasteiger partial charge in [-0.25, -0.2) is 0 Å². The number of anilines is 1. The number of amides is 1. The highest BCUT2D eigenvalue weighted by atomic mass is 35.5. The summed E-state index contributed by atoms with van der Waals surface area (Å²) in [5, 5.41) is 3.02.